The maximum atomic E-state index is 6.03. The lowest BCUT2D eigenvalue weighted by atomic mass is 10.2. The molecule has 2 N–H and O–H groups in total. The highest BCUT2D eigenvalue weighted by Crippen LogP contribution is 2.24. The molecule has 4 aromatic carbocycles. The van der Waals surface area contributed by atoms with Crippen LogP contribution in [0.2, 0.25) is 0 Å². The number of nitrogens with zero attached hydrogens (tertiary/aromatic N) is 2. The Bertz CT molecular complexity index is 1190. The van der Waals surface area contributed by atoms with Crippen molar-refractivity contribution in [3.05, 3.63) is 131 Å². The average molecular weight is 482 g/mol. The quantitative estimate of drug-likeness (QED) is 0.161. The van der Waals surface area contributed by atoms with Crippen LogP contribution in [0.3, 0.4) is 0 Å². The second-order valence-electron chi connectivity index (χ2n) is 7.74. The summed E-state index contributed by atoms with van der Waals surface area (Å²) in [7, 11) is 0. The molecule has 6 heteroatoms. The Labute approximate surface area is 210 Å². The van der Waals surface area contributed by atoms with E-state index >= 15 is 0 Å². The van der Waals surface area contributed by atoms with Gasteiger partial charge in [0.05, 0.1) is 6.21 Å². The molecule has 0 radical (unpaired) electrons. The molecule has 0 aliphatic rings. The number of amidine groups is 1. The van der Waals surface area contributed by atoms with Gasteiger partial charge in [0.25, 0.3) is 0 Å². The van der Waals surface area contributed by atoms with Crippen molar-refractivity contribution in [2.75, 3.05) is 0 Å². The van der Waals surface area contributed by atoms with Crippen molar-refractivity contribution in [1.82, 2.24) is 0 Å². The molecule has 0 amide bonds. The van der Waals surface area contributed by atoms with Crippen LogP contribution in [0.25, 0.3) is 0 Å². The largest absolute Gasteiger partial charge is 0.489 e. The monoisotopic (exact) mass is 481 g/mol. The summed E-state index contributed by atoms with van der Waals surface area (Å²) in [5.74, 6) is 2.12. The first-order chi connectivity index (χ1) is 17.2. The van der Waals surface area contributed by atoms with Gasteiger partial charge in [-0.05, 0) is 28.8 Å². The van der Waals surface area contributed by atoms with Crippen LogP contribution in [-0.2, 0) is 19.0 Å². The molecule has 176 valence electrons. The molecule has 0 fully saturated rings. The number of benzene rings is 4. The minimum Gasteiger partial charge on any atom is -0.489 e. The molecule has 0 aliphatic carbocycles. The molecule has 35 heavy (non-hydrogen) atoms. The zero-order valence-corrected chi connectivity index (χ0v) is 20.1. The summed E-state index contributed by atoms with van der Waals surface area (Å²) in [4.78, 5) is 0. The van der Waals surface area contributed by atoms with Crippen LogP contribution in [-0.4, -0.2) is 11.4 Å². The summed E-state index contributed by atoms with van der Waals surface area (Å²) in [5, 5.41) is 8.71. The Kier molecular flexibility index (Phi) is 8.96. The molecule has 0 aromatic heterocycles. The van der Waals surface area contributed by atoms with Gasteiger partial charge in [-0.1, -0.05) is 103 Å². The van der Waals surface area contributed by atoms with Crippen LogP contribution in [0, 0.1) is 0 Å². The van der Waals surface area contributed by atoms with Crippen molar-refractivity contribution in [2.45, 2.75) is 19.0 Å². The number of thioether (sulfide) groups is 1. The lowest BCUT2D eigenvalue weighted by molar-refractivity contribution is 0.290. The third-order valence-corrected chi connectivity index (χ3v) is 5.85. The highest BCUT2D eigenvalue weighted by molar-refractivity contribution is 8.13. The number of rotatable bonds is 10. The molecule has 0 saturated heterocycles. The van der Waals surface area contributed by atoms with E-state index in [1.165, 1.54) is 17.3 Å². The van der Waals surface area contributed by atoms with Gasteiger partial charge in [-0.3, -0.25) is 0 Å². The lowest BCUT2D eigenvalue weighted by Gasteiger charge is -2.11. The fourth-order valence-corrected chi connectivity index (χ4v) is 3.84. The van der Waals surface area contributed by atoms with Gasteiger partial charge in [0.2, 0.25) is 0 Å². The predicted molar refractivity (Wildman–Crippen MR) is 145 cm³/mol. The predicted octanol–water partition coefficient (Wildman–Crippen LogP) is 6.43. The van der Waals surface area contributed by atoms with E-state index in [4.69, 9.17) is 15.2 Å². The average Bonchev–Trinajstić information content (AvgIpc) is 2.91. The molecule has 0 heterocycles. The van der Waals surface area contributed by atoms with Crippen molar-refractivity contribution in [1.29, 1.82) is 0 Å². The van der Waals surface area contributed by atoms with Gasteiger partial charge in [-0.15, -0.1) is 5.10 Å². The minimum absolute atomic E-state index is 0.405. The molecule has 4 aromatic rings. The minimum atomic E-state index is 0.405. The van der Waals surface area contributed by atoms with E-state index in [9.17, 15) is 0 Å². The molecule has 5 nitrogen and oxygen atoms in total. The van der Waals surface area contributed by atoms with Crippen LogP contribution in [0.4, 0.5) is 0 Å². The fraction of sp³-hybridized carbons (Fsp3) is 0.103. The second-order valence-corrected chi connectivity index (χ2v) is 8.74. The van der Waals surface area contributed by atoms with Gasteiger partial charge in [-0.2, -0.15) is 5.10 Å². The smallest absolute Gasteiger partial charge is 0.180 e. The third-order valence-electron chi connectivity index (χ3n) is 4.99. The topological polar surface area (TPSA) is 69.2 Å². The van der Waals surface area contributed by atoms with E-state index in [0.717, 1.165) is 22.4 Å². The summed E-state index contributed by atoms with van der Waals surface area (Å²) in [6.07, 6.45) is 1.65. The fourth-order valence-electron chi connectivity index (χ4n) is 3.23. The van der Waals surface area contributed by atoms with Gasteiger partial charge < -0.3 is 15.2 Å². The first-order valence-corrected chi connectivity index (χ1v) is 12.2. The van der Waals surface area contributed by atoms with Crippen molar-refractivity contribution in [2.24, 2.45) is 15.9 Å². The van der Waals surface area contributed by atoms with Gasteiger partial charge in [0.15, 0.2) is 5.17 Å². The standard InChI is InChI=1S/C29H27N3O2S/c30-29(35-22-25-14-8-3-9-15-25)32-31-19-26-16-27(33-20-23-10-4-1-5-11-23)18-28(17-26)34-21-24-12-6-2-7-13-24/h1-19H,20-22H2,(H2,30,32). The normalized spacial score (nSPS) is 11.5. The number of nitrogens with two attached hydrogens (primary N) is 1. The molecule has 0 atom stereocenters. The Balaban J connectivity index is 1.44. The number of hydrogen-bond acceptors (Lipinski definition) is 5. The summed E-state index contributed by atoms with van der Waals surface area (Å²) in [5.41, 5.74) is 10.2. The highest BCUT2D eigenvalue weighted by Gasteiger charge is 2.04. The Hall–Kier alpha value is -4.03. The second kappa shape index (κ2) is 13.0. The van der Waals surface area contributed by atoms with E-state index in [1.54, 1.807) is 6.21 Å². The van der Waals surface area contributed by atoms with Gasteiger partial charge in [0, 0.05) is 17.4 Å². The summed E-state index contributed by atoms with van der Waals surface area (Å²) < 4.78 is 12.1. The van der Waals surface area contributed by atoms with Gasteiger partial charge in [-0.25, -0.2) is 0 Å². The molecular weight excluding hydrogens is 454 g/mol. The molecule has 0 unspecified atom stereocenters. The van der Waals surface area contributed by atoms with E-state index < -0.39 is 0 Å². The van der Waals surface area contributed by atoms with Crippen molar-refractivity contribution < 1.29 is 9.47 Å². The summed E-state index contributed by atoms with van der Waals surface area (Å²) >= 11 is 1.45. The Morgan fingerprint density at radius 3 is 1.69 bits per heavy atom. The maximum Gasteiger partial charge on any atom is 0.180 e. The molecule has 0 aliphatic heterocycles. The molecule has 0 spiro atoms. The molecule has 4 rings (SSSR count). The van der Waals surface area contributed by atoms with Crippen molar-refractivity contribution in [3.63, 3.8) is 0 Å². The zero-order valence-electron chi connectivity index (χ0n) is 19.3. The van der Waals surface area contributed by atoms with Crippen molar-refractivity contribution >= 4 is 23.1 Å². The van der Waals surface area contributed by atoms with E-state index in [1.807, 2.05) is 97.1 Å². The van der Waals surface area contributed by atoms with Crippen LogP contribution >= 0.6 is 11.8 Å². The highest BCUT2D eigenvalue weighted by atomic mass is 32.2. The van der Waals surface area contributed by atoms with Crippen LogP contribution in [0.5, 0.6) is 11.5 Å². The Morgan fingerprint density at radius 2 is 1.17 bits per heavy atom. The number of ether oxygens (including phenoxy) is 2. The molecular formula is C29H27N3O2S. The van der Waals surface area contributed by atoms with Crippen LogP contribution in [0.15, 0.2) is 119 Å². The zero-order chi connectivity index (χ0) is 24.1. The van der Waals surface area contributed by atoms with Crippen LogP contribution < -0.4 is 15.2 Å². The van der Waals surface area contributed by atoms with Gasteiger partial charge in [0.1, 0.15) is 24.7 Å². The van der Waals surface area contributed by atoms with E-state index in [-0.39, 0.29) is 0 Å². The summed E-state index contributed by atoms with van der Waals surface area (Å²) in [6.45, 7) is 0.918. The SMILES string of the molecule is NC(=NN=Cc1cc(OCc2ccccc2)cc(OCc2ccccc2)c1)SCc1ccccc1. The van der Waals surface area contributed by atoms with E-state index in [2.05, 4.69) is 22.3 Å². The summed E-state index contributed by atoms with van der Waals surface area (Å²) in [6, 6.07) is 35.9. The van der Waals surface area contributed by atoms with E-state index in [0.29, 0.717) is 29.9 Å². The maximum absolute atomic E-state index is 6.03. The first-order valence-electron chi connectivity index (χ1n) is 11.3. The third kappa shape index (κ3) is 8.36. The lowest BCUT2D eigenvalue weighted by Crippen LogP contribution is -2.06. The Morgan fingerprint density at radius 1 is 0.686 bits per heavy atom. The first kappa shape index (κ1) is 24.1. The van der Waals surface area contributed by atoms with Crippen molar-refractivity contribution in [3.8, 4) is 11.5 Å². The van der Waals surface area contributed by atoms with Gasteiger partial charge >= 0.3 is 0 Å². The van der Waals surface area contributed by atoms with Crippen LogP contribution in [0.1, 0.15) is 22.3 Å². The molecule has 0 saturated carbocycles. The number of hydrogen-bond donors (Lipinski definition) is 1. The molecule has 0 bridgehead atoms.